The van der Waals surface area contributed by atoms with Gasteiger partial charge in [-0.15, -0.1) is 0 Å². The standard InChI is InChI=1S/C19H9F17N2O/c1-8(39)38-10(9-5-3-2-4-6-9)7-11(37-38)12(20,21)13(22,23)14(24,25)15(26,27)16(28,29)17(30,31)18(32,33)19(34,35)36/h2-7H,1H3. The van der Waals surface area contributed by atoms with E-state index in [0.717, 1.165) is 24.3 Å². The lowest BCUT2D eigenvalue weighted by molar-refractivity contribution is -0.462. The molecule has 1 heterocycles. The second-order valence-electron chi connectivity index (χ2n) is 7.73. The molecule has 1 aromatic heterocycles. The number of hydrogen-bond acceptors (Lipinski definition) is 2. The Hall–Kier alpha value is -3.09. The van der Waals surface area contributed by atoms with Crippen LogP contribution in [0.1, 0.15) is 17.4 Å². The fourth-order valence-corrected chi connectivity index (χ4v) is 2.91. The monoisotopic (exact) mass is 604 g/mol. The number of aromatic nitrogens is 2. The van der Waals surface area contributed by atoms with Crippen molar-refractivity contribution >= 4 is 5.91 Å². The van der Waals surface area contributed by atoms with Crippen molar-refractivity contribution in [2.45, 2.75) is 54.6 Å². The van der Waals surface area contributed by atoms with E-state index in [0.29, 0.717) is 6.92 Å². The third-order valence-corrected chi connectivity index (χ3v) is 5.12. The molecule has 220 valence electrons. The van der Waals surface area contributed by atoms with E-state index < -0.39 is 64.9 Å². The first-order valence-corrected chi connectivity index (χ1v) is 9.53. The number of nitrogens with zero attached hydrogens (tertiary/aromatic N) is 2. The van der Waals surface area contributed by atoms with Crippen LogP contribution in [0, 0.1) is 0 Å². The summed E-state index contributed by atoms with van der Waals surface area (Å²) in [5.41, 5.74) is -3.90. The summed E-state index contributed by atoms with van der Waals surface area (Å²) >= 11 is 0. The molecule has 0 aliphatic carbocycles. The van der Waals surface area contributed by atoms with Crippen molar-refractivity contribution in [3.8, 4) is 11.3 Å². The number of benzene rings is 1. The van der Waals surface area contributed by atoms with E-state index in [1.54, 1.807) is 0 Å². The summed E-state index contributed by atoms with van der Waals surface area (Å²) in [4.78, 5) is 11.7. The van der Waals surface area contributed by atoms with E-state index in [1.165, 1.54) is 6.07 Å². The van der Waals surface area contributed by atoms with Gasteiger partial charge in [0.15, 0.2) is 0 Å². The molecule has 0 radical (unpaired) electrons. The summed E-state index contributed by atoms with van der Waals surface area (Å²) in [6.07, 6.45) is -7.83. The van der Waals surface area contributed by atoms with E-state index in [9.17, 15) is 79.4 Å². The molecule has 3 nitrogen and oxygen atoms in total. The fourth-order valence-electron chi connectivity index (χ4n) is 2.91. The SMILES string of the molecule is CC(=O)n1nc(C(F)(F)C(F)(F)C(F)(F)C(F)(F)C(F)(F)C(F)(F)C(F)(F)C(F)(F)F)cc1-c1ccccc1. The summed E-state index contributed by atoms with van der Waals surface area (Å²) in [7, 11) is 0. The lowest BCUT2D eigenvalue weighted by Crippen LogP contribution is -2.74. The number of hydrogen-bond donors (Lipinski definition) is 0. The van der Waals surface area contributed by atoms with Crippen molar-refractivity contribution in [3.05, 3.63) is 42.1 Å². The maximum absolute atomic E-state index is 14.5. The zero-order valence-electron chi connectivity index (χ0n) is 18.2. The van der Waals surface area contributed by atoms with E-state index in [4.69, 9.17) is 0 Å². The Labute approximate surface area is 204 Å². The molecule has 0 fully saturated rings. The average Bonchev–Trinajstić information content (AvgIpc) is 3.25. The highest BCUT2D eigenvalue weighted by atomic mass is 19.4. The minimum Gasteiger partial charge on any atom is -0.273 e. The topological polar surface area (TPSA) is 34.9 Å². The Balaban J connectivity index is 2.73. The van der Waals surface area contributed by atoms with Crippen molar-refractivity contribution in [1.29, 1.82) is 0 Å². The minimum atomic E-state index is -8.73. The van der Waals surface area contributed by atoms with Crippen molar-refractivity contribution in [3.63, 3.8) is 0 Å². The van der Waals surface area contributed by atoms with Crippen molar-refractivity contribution in [1.82, 2.24) is 9.78 Å². The Morgan fingerprint density at radius 2 is 1.00 bits per heavy atom. The van der Waals surface area contributed by atoms with Gasteiger partial charge in [-0.05, 0) is 6.07 Å². The van der Waals surface area contributed by atoms with E-state index in [1.807, 2.05) is 0 Å². The molecule has 0 amide bonds. The third kappa shape index (κ3) is 4.29. The maximum Gasteiger partial charge on any atom is 0.460 e. The summed E-state index contributed by atoms with van der Waals surface area (Å²) in [6.45, 7) is 0.547. The number of rotatable bonds is 8. The molecule has 0 aliphatic rings. The molecule has 2 rings (SSSR count). The molecule has 0 unspecified atom stereocenters. The summed E-state index contributed by atoms with van der Waals surface area (Å²) < 4.78 is 229. The molecule has 0 saturated carbocycles. The molecule has 2 aromatic rings. The van der Waals surface area contributed by atoms with Crippen molar-refractivity contribution < 1.29 is 79.4 Å². The van der Waals surface area contributed by atoms with Gasteiger partial charge in [-0.1, -0.05) is 30.3 Å². The van der Waals surface area contributed by atoms with Gasteiger partial charge in [-0.3, -0.25) is 4.79 Å². The Morgan fingerprint density at radius 1 is 0.615 bits per heavy atom. The first kappa shape index (κ1) is 32.1. The Kier molecular flexibility index (Phi) is 7.39. The lowest BCUT2D eigenvalue weighted by atomic mass is 9.88. The van der Waals surface area contributed by atoms with Gasteiger partial charge in [-0.25, -0.2) is 0 Å². The second-order valence-corrected chi connectivity index (χ2v) is 7.73. The van der Waals surface area contributed by atoms with Gasteiger partial charge in [0, 0.05) is 12.5 Å². The lowest BCUT2D eigenvalue weighted by Gasteiger charge is -2.42. The van der Waals surface area contributed by atoms with E-state index >= 15 is 0 Å². The van der Waals surface area contributed by atoms with Gasteiger partial charge in [0.2, 0.25) is 5.91 Å². The fraction of sp³-hybridized carbons (Fsp3) is 0.474. The van der Waals surface area contributed by atoms with E-state index in [2.05, 4.69) is 5.10 Å². The third-order valence-electron chi connectivity index (χ3n) is 5.12. The van der Waals surface area contributed by atoms with Crippen LogP contribution in [0.3, 0.4) is 0 Å². The average molecular weight is 604 g/mol. The van der Waals surface area contributed by atoms with Crippen LogP contribution >= 0.6 is 0 Å². The number of alkyl halides is 17. The zero-order chi connectivity index (χ0) is 30.8. The number of carbonyl (C=O) groups is 1. The van der Waals surface area contributed by atoms with Gasteiger partial charge >= 0.3 is 47.6 Å². The smallest absolute Gasteiger partial charge is 0.273 e. The number of carbonyl (C=O) groups excluding carboxylic acids is 1. The van der Waals surface area contributed by atoms with Crippen LogP contribution in [0.2, 0.25) is 0 Å². The minimum absolute atomic E-state index is 0.155. The van der Waals surface area contributed by atoms with Gasteiger partial charge in [-0.2, -0.15) is 84.4 Å². The predicted octanol–water partition coefficient (Wildman–Crippen LogP) is 7.68. The molecule has 0 atom stereocenters. The van der Waals surface area contributed by atoms with Crippen LogP contribution in [0.15, 0.2) is 36.4 Å². The normalized spacial score (nSPS) is 15.0. The molecule has 20 heteroatoms. The quantitative estimate of drug-likeness (QED) is 0.290. The van der Waals surface area contributed by atoms with Crippen LogP contribution in [-0.4, -0.2) is 57.4 Å². The van der Waals surface area contributed by atoms with Gasteiger partial charge in [0.25, 0.3) is 0 Å². The highest BCUT2D eigenvalue weighted by molar-refractivity contribution is 5.81. The van der Waals surface area contributed by atoms with Crippen LogP contribution in [-0.2, 0) is 5.92 Å². The highest BCUT2D eigenvalue weighted by Gasteiger charge is 2.95. The molecular formula is C19H9F17N2O. The Morgan fingerprint density at radius 3 is 1.38 bits per heavy atom. The molecule has 1 aromatic carbocycles. The summed E-state index contributed by atoms with van der Waals surface area (Å²) in [5.74, 6) is -58.9. The van der Waals surface area contributed by atoms with Gasteiger partial charge in [0.05, 0.1) is 5.69 Å². The molecule has 0 aliphatic heterocycles. The highest BCUT2D eigenvalue weighted by Crippen LogP contribution is 2.65. The van der Waals surface area contributed by atoms with Crippen LogP contribution in [0.4, 0.5) is 74.6 Å². The van der Waals surface area contributed by atoms with Crippen LogP contribution in [0.5, 0.6) is 0 Å². The number of halogens is 17. The predicted molar refractivity (Wildman–Crippen MR) is 93.6 cm³/mol. The molecule has 39 heavy (non-hydrogen) atoms. The molecule has 0 bridgehead atoms. The maximum atomic E-state index is 14.5. The summed E-state index contributed by atoms with van der Waals surface area (Å²) in [5, 5.41) is 2.56. The largest absolute Gasteiger partial charge is 0.460 e. The Bertz CT molecular complexity index is 1210. The first-order valence-electron chi connectivity index (χ1n) is 9.53. The van der Waals surface area contributed by atoms with Gasteiger partial charge in [0.1, 0.15) is 5.69 Å². The molecule has 0 saturated heterocycles. The molecule has 0 spiro atoms. The molecular weight excluding hydrogens is 595 g/mol. The zero-order valence-corrected chi connectivity index (χ0v) is 18.2. The van der Waals surface area contributed by atoms with Crippen molar-refractivity contribution in [2.24, 2.45) is 0 Å². The van der Waals surface area contributed by atoms with E-state index in [-0.39, 0.29) is 16.3 Å². The van der Waals surface area contributed by atoms with Crippen LogP contribution in [0.25, 0.3) is 11.3 Å². The van der Waals surface area contributed by atoms with Gasteiger partial charge < -0.3 is 0 Å². The summed E-state index contributed by atoms with van der Waals surface area (Å²) in [6, 6.07) is 5.34. The second kappa shape index (κ2) is 8.97. The van der Waals surface area contributed by atoms with Crippen molar-refractivity contribution in [2.75, 3.05) is 0 Å². The van der Waals surface area contributed by atoms with Crippen LogP contribution < -0.4 is 0 Å². The first-order chi connectivity index (χ1) is 17.1. The molecule has 0 N–H and O–H groups in total.